The zero-order valence-corrected chi connectivity index (χ0v) is 22.1. The Labute approximate surface area is 225 Å². The third kappa shape index (κ3) is 8.26. The van der Waals surface area contributed by atoms with Crippen molar-refractivity contribution in [1.82, 2.24) is 10.7 Å². The first-order valence-corrected chi connectivity index (χ1v) is 12.4. The molecule has 0 saturated heterocycles. The van der Waals surface area contributed by atoms with Crippen LogP contribution >= 0.6 is 34.8 Å². The van der Waals surface area contributed by atoms with Gasteiger partial charge < -0.3 is 10.1 Å². The van der Waals surface area contributed by atoms with Crippen molar-refractivity contribution in [3.8, 4) is 5.75 Å². The van der Waals surface area contributed by atoms with Gasteiger partial charge in [0.1, 0.15) is 18.4 Å². The van der Waals surface area contributed by atoms with Gasteiger partial charge in [-0.2, -0.15) is 5.10 Å². The van der Waals surface area contributed by atoms with Crippen molar-refractivity contribution in [3.05, 3.63) is 98.5 Å². The fourth-order valence-corrected chi connectivity index (χ4v) is 3.89. The van der Waals surface area contributed by atoms with Gasteiger partial charge in [-0.1, -0.05) is 66.8 Å². The second-order valence-electron chi connectivity index (χ2n) is 8.46. The van der Waals surface area contributed by atoms with E-state index in [1.54, 1.807) is 48.5 Å². The number of carbonyl (C=O) groups excluding carboxylic acids is 2. The molecule has 36 heavy (non-hydrogen) atoms. The van der Waals surface area contributed by atoms with Gasteiger partial charge in [-0.25, -0.2) is 5.43 Å². The Balaban J connectivity index is 1.64. The van der Waals surface area contributed by atoms with E-state index in [0.29, 0.717) is 38.4 Å². The molecular formula is C27H26Cl3N3O3. The lowest BCUT2D eigenvalue weighted by Gasteiger charge is -2.19. The van der Waals surface area contributed by atoms with Crippen LogP contribution in [-0.4, -0.2) is 24.1 Å². The summed E-state index contributed by atoms with van der Waals surface area (Å²) >= 11 is 18.1. The minimum absolute atomic E-state index is 0.170. The van der Waals surface area contributed by atoms with Gasteiger partial charge in [0.2, 0.25) is 0 Å². The maximum Gasteiger partial charge on any atom is 0.262 e. The van der Waals surface area contributed by atoms with E-state index >= 15 is 0 Å². The first kappa shape index (κ1) is 27.5. The second kappa shape index (κ2) is 13.3. The molecule has 0 radical (unpaired) electrons. The Morgan fingerprint density at radius 3 is 2.36 bits per heavy atom. The summed E-state index contributed by atoms with van der Waals surface area (Å²) in [6, 6.07) is 18.2. The van der Waals surface area contributed by atoms with Crippen LogP contribution in [0.15, 0.2) is 71.8 Å². The monoisotopic (exact) mass is 545 g/mol. The predicted octanol–water partition coefficient (Wildman–Crippen LogP) is 6.52. The molecule has 0 fully saturated rings. The zero-order valence-electron chi connectivity index (χ0n) is 19.8. The van der Waals surface area contributed by atoms with Gasteiger partial charge in [0.05, 0.1) is 6.21 Å². The second-order valence-corrected chi connectivity index (χ2v) is 9.74. The summed E-state index contributed by atoms with van der Waals surface area (Å²) in [5.41, 5.74) is 4.38. The summed E-state index contributed by atoms with van der Waals surface area (Å²) in [5.74, 6) is -0.0509. The van der Waals surface area contributed by atoms with E-state index in [1.165, 1.54) is 6.21 Å². The summed E-state index contributed by atoms with van der Waals surface area (Å²) in [7, 11) is 0. The van der Waals surface area contributed by atoms with Crippen LogP contribution in [0.3, 0.4) is 0 Å². The van der Waals surface area contributed by atoms with Crippen molar-refractivity contribution in [2.45, 2.75) is 32.9 Å². The molecule has 0 heterocycles. The molecule has 0 aliphatic heterocycles. The summed E-state index contributed by atoms with van der Waals surface area (Å²) in [6.07, 6.45) is 1.94. The number of halogens is 3. The minimum Gasteiger partial charge on any atom is -0.488 e. The molecule has 3 aromatic carbocycles. The molecule has 0 aliphatic rings. The van der Waals surface area contributed by atoms with E-state index in [0.717, 1.165) is 5.56 Å². The fraction of sp³-hybridized carbons (Fsp3) is 0.222. The summed E-state index contributed by atoms with van der Waals surface area (Å²) in [6.45, 7) is 4.18. The van der Waals surface area contributed by atoms with Gasteiger partial charge in [-0.05, 0) is 60.9 Å². The van der Waals surface area contributed by atoms with Crippen LogP contribution in [0.5, 0.6) is 5.75 Å². The molecule has 0 spiro atoms. The van der Waals surface area contributed by atoms with Gasteiger partial charge in [0.25, 0.3) is 11.8 Å². The normalized spacial score (nSPS) is 11.9. The molecule has 2 N–H and O–H groups in total. The van der Waals surface area contributed by atoms with Gasteiger partial charge in [0.15, 0.2) is 0 Å². The van der Waals surface area contributed by atoms with Crippen LogP contribution in [-0.2, 0) is 11.4 Å². The average Bonchev–Trinajstić information content (AvgIpc) is 2.84. The lowest BCUT2D eigenvalue weighted by atomic mass is 10.0. The molecule has 6 nitrogen and oxygen atoms in total. The highest BCUT2D eigenvalue weighted by atomic mass is 35.5. The molecule has 1 atom stereocenters. The molecule has 188 valence electrons. The molecule has 9 heteroatoms. The third-order valence-electron chi connectivity index (χ3n) is 5.13. The Morgan fingerprint density at radius 2 is 1.67 bits per heavy atom. The maximum atomic E-state index is 12.8. The number of hydrogen-bond acceptors (Lipinski definition) is 4. The lowest BCUT2D eigenvalue weighted by Crippen LogP contribution is -2.46. The van der Waals surface area contributed by atoms with Crippen molar-refractivity contribution >= 4 is 52.8 Å². The number of nitrogens with one attached hydrogen (secondary N) is 2. The Morgan fingerprint density at radius 1 is 0.972 bits per heavy atom. The maximum absolute atomic E-state index is 12.8. The van der Waals surface area contributed by atoms with Crippen molar-refractivity contribution in [1.29, 1.82) is 0 Å². The fourth-order valence-electron chi connectivity index (χ4n) is 3.30. The summed E-state index contributed by atoms with van der Waals surface area (Å²) in [5, 5.41) is 8.45. The van der Waals surface area contributed by atoms with Crippen LogP contribution in [0.1, 0.15) is 41.8 Å². The number of carbonyl (C=O) groups is 2. The zero-order chi connectivity index (χ0) is 26.1. The molecule has 0 aliphatic carbocycles. The SMILES string of the molecule is CC(C)CC(NC(=O)c1ccc(Cl)cc1)C(=O)N/N=C/c1ccccc1OCc1ccc(Cl)cc1Cl. The molecule has 3 aromatic rings. The first-order valence-electron chi connectivity index (χ1n) is 11.3. The van der Waals surface area contributed by atoms with Crippen LogP contribution in [0.2, 0.25) is 15.1 Å². The van der Waals surface area contributed by atoms with Crippen molar-refractivity contribution < 1.29 is 14.3 Å². The highest BCUT2D eigenvalue weighted by Crippen LogP contribution is 2.24. The molecule has 2 amide bonds. The number of benzene rings is 3. The minimum atomic E-state index is -0.760. The standard InChI is InChI=1S/C27H26Cl3N3O3/c1-17(2)13-24(32-26(34)18-7-10-21(28)11-8-18)27(35)33-31-15-19-5-3-4-6-25(19)36-16-20-9-12-22(29)14-23(20)30/h3-12,14-15,17,24H,13,16H2,1-2H3,(H,32,34)(H,33,35)/b31-15+. The van der Waals surface area contributed by atoms with E-state index in [-0.39, 0.29) is 18.4 Å². The van der Waals surface area contributed by atoms with Crippen LogP contribution in [0, 0.1) is 5.92 Å². The highest BCUT2D eigenvalue weighted by molar-refractivity contribution is 6.35. The summed E-state index contributed by atoms with van der Waals surface area (Å²) < 4.78 is 5.91. The number of ether oxygens (including phenoxy) is 1. The molecule has 1 unspecified atom stereocenters. The first-order chi connectivity index (χ1) is 17.2. The molecule has 0 saturated carbocycles. The predicted molar refractivity (Wildman–Crippen MR) is 145 cm³/mol. The Bertz CT molecular complexity index is 1230. The van der Waals surface area contributed by atoms with Gasteiger partial charge in [-0.3, -0.25) is 9.59 Å². The number of hydrogen-bond donors (Lipinski definition) is 2. The number of para-hydroxylation sites is 1. The van der Waals surface area contributed by atoms with Crippen molar-refractivity contribution in [2.24, 2.45) is 11.0 Å². The van der Waals surface area contributed by atoms with E-state index in [4.69, 9.17) is 39.5 Å². The smallest absolute Gasteiger partial charge is 0.262 e. The number of rotatable bonds is 10. The van der Waals surface area contributed by atoms with Crippen LogP contribution in [0.4, 0.5) is 0 Å². The number of hydrazone groups is 1. The largest absolute Gasteiger partial charge is 0.488 e. The molecule has 0 bridgehead atoms. The van der Waals surface area contributed by atoms with Gasteiger partial charge in [-0.15, -0.1) is 0 Å². The van der Waals surface area contributed by atoms with E-state index < -0.39 is 11.9 Å². The molecule has 0 aromatic heterocycles. The van der Waals surface area contributed by atoms with Crippen LogP contribution < -0.4 is 15.5 Å². The summed E-state index contributed by atoms with van der Waals surface area (Å²) in [4.78, 5) is 25.5. The Hall–Kier alpha value is -3.06. The third-order valence-corrected chi connectivity index (χ3v) is 5.97. The Kier molecular flexibility index (Phi) is 10.2. The molecule has 3 rings (SSSR count). The van der Waals surface area contributed by atoms with Gasteiger partial charge in [0, 0.05) is 31.8 Å². The van der Waals surface area contributed by atoms with Crippen LogP contribution in [0.25, 0.3) is 0 Å². The van der Waals surface area contributed by atoms with Crippen molar-refractivity contribution in [2.75, 3.05) is 0 Å². The highest BCUT2D eigenvalue weighted by Gasteiger charge is 2.22. The van der Waals surface area contributed by atoms with E-state index in [1.807, 2.05) is 32.0 Å². The quantitative estimate of drug-likeness (QED) is 0.224. The van der Waals surface area contributed by atoms with Crippen molar-refractivity contribution in [3.63, 3.8) is 0 Å². The number of nitrogens with zero attached hydrogens (tertiary/aromatic N) is 1. The average molecular weight is 547 g/mol. The lowest BCUT2D eigenvalue weighted by molar-refractivity contribution is -0.123. The topological polar surface area (TPSA) is 79.8 Å². The number of amides is 2. The van der Waals surface area contributed by atoms with E-state index in [2.05, 4.69) is 15.8 Å². The van der Waals surface area contributed by atoms with E-state index in [9.17, 15) is 9.59 Å². The van der Waals surface area contributed by atoms with Gasteiger partial charge >= 0.3 is 0 Å². The molecular weight excluding hydrogens is 521 g/mol.